The number of hydrogen-bond donors (Lipinski definition) is 0. The van der Waals surface area contributed by atoms with Crippen molar-refractivity contribution in [2.45, 2.75) is 89.4 Å². The Morgan fingerprint density at radius 2 is 1.91 bits per heavy atom. The van der Waals surface area contributed by atoms with Crippen LogP contribution in [-0.4, -0.2) is 62.1 Å². The zero-order valence-electron chi connectivity index (χ0n) is 21.5. The Hall–Kier alpha value is -2.58. The van der Waals surface area contributed by atoms with Crippen molar-refractivity contribution >= 4 is 11.9 Å². The Morgan fingerprint density at radius 1 is 1.20 bits per heavy atom. The normalized spacial score (nSPS) is 27.2. The lowest BCUT2D eigenvalue weighted by molar-refractivity contribution is -0.288. The molecule has 1 aromatic carbocycles. The predicted molar refractivity (Wildman–Crippen MR) is 130 cm³/mol. The lowest BCUT2D eigenvalue weighted by Crippen LogP contribution is -2.46. The molecule has 0 aromatic heterocycles. The number of carbonyl (C=O) groups excluding carboxylic acids is 2. The molecule has 1 radical (unpaired) electrons. The standard InChI is InChI=1S/C27H38NO7/c1-19-16-20(2)35-27(34-19,15-13-26(30)33-5)14-7-9-22-8-6-10-25(29)28(22)18-21-11-12-23(31-3)24(17-21)32-4/h12-13,15,17,19-20,22H,6-10,14,16,18H2,1-5H3/b15-13+/t19-,20-,22?/m0/s1. The van der Waals surface area contributed by atoms with Gasteiger partial charge in [-0.1, -0.05) is 0 Å². The minimum Gasteiger partial charge on any atom is -0.493 e. The summed E-state index contributed by atoms with van der Waals surface area (Å²) >= 11 is 0. The average molecular weight is 489 g/mol. The maximum Gasteiger partial charge on any atom is 0.330 e. The molecule has 8 heteroatoms. The van der Waals surface area contributed by atoms with Gasteiger partial charge in [0.1, 0.15) is 0 Å². The maximum absolute atomic E-state index is 12.9. The van der Waals surface area contributed by atoms with E-state index >= 15 is 0 Å². The molecule has 3 rings (SSSR count). The molecule has 2 saturated heterocycles. The van der Waals surface area contributed by atoms with Crippen molar-refractivity contribution in [3.05, 3.63) is 35.9 Å². The van der Waals surface area contributed by atoms with Crippen LogP contribution in [-0.2, 0) is 30.3 Å². The molecule has 193 valence electrons. The van der Waals surface area contributed by atoms with Crippen molar-refractivity contribution in [2.24, 2.45) is 0 Å². The highest BCUT2D eigenvalue weighted by atomic mass is 16.7. The van der Waals surface area contributed by atoms with E-state index in [0.717, 1.165) is 37.7 Å². The Labute approximate surface area is 208 Å². The van der Waals surface area contributed by atoms with Crippen molar-refractivity contribution < 1.29 is 33.3 Å². The number of ether oxygens (including phenoxy) is 5. The number of carbonyl (C=O) groups is 2. The van der Waals surface area contributed by atoms with Gasteiger partial charge < -0.3 is 28.6 Å². The fourth-order valence-corrected chi connectivity index (χ4v) is 5.00. The topological polar surface area (TPSA) is 83.5 Å². The number of rotatable bonds is 10. The Bertz CT molecular complexity index is 890. The third-order valence-corrected chi connectivity index (χ3v) is 6.61. The highest BCUT2D eigenvalue weighted by Crippen LogP contribution is 2.35. The van der Waals surface area contributed by atoms with Gasteiger partial charge in [0.15, 0.2) is 17.3 Å². The Balaban J connectivity index is 1.69. The summed E-state index contributed by atoms with van der Waals surface area (Å²) in [6, 6.07) is 6.94. The fraction of sp³-hybridized carbons (Fsp3) is 0.630. The van der Waals surface area contributed by atoms with Crippen LogP contribution in [0.15, 0.2) is 24.3 Å². The molecule has 8 nitrogen and oxygen atoms in total. The Kier molecular flexibility index (Phi) is 9.57. The average Bonchev–Trinajstić information content (AvgIpc) is 2.83. The van der Waals surface area contributed by atoms with E-state index in [4.69, 9.17) is 23.7 Å². The van der Waals surface area contributed by atoms with E-state index in [1.165, 1.54) is 13.2 Å². The number of benzene rings is 1. The first-order chi connectivity index (χ1) is 16.8. The second-order valence-corrected chi connectivity index (χ2v) is 9.32. The molecule has 0 N–H and O–H groups in total. The molecule has 2 aliphatic rings. The van der Waals surface area contributed by atoms with Crippen molar-refractivity contribution in [3.63, 3.8) is 0 Å². The van der Waals surface area contributed by atoms with Crippen LogP contribution in [0.4, 0.5) is 0 Å². The van der Waals surface area contributed by atoms with E-state index in [-0.39, 0.29) is 24.2 Å². The van der Waals surface area contributed by atoms with Crippen LogP contribution in [0.2, 0.25) is 0 Å². The molecule has 2 aliphatic heterocycles. The molecule has 2 fully saturated rings. The van der Waals surface area contributed by atoms with E-state index in [9.17, 15) is 9.59 Å². The molecule has 1 amide bonds. The van der Waals surface area contributed by atoms with Gasteiger partial charge in [0.25, 0.3) is 0 Å². The summed E-state index contributed by atoms with van der Waals surface area (Å²) in [5.41, 5.74) is 0.877. The summed E-state index contributed by atoms with van der Waals surface area (Å²) in [6.07, 6.45) is 8.39. The summed E-state index contributed by atoms with van der Waals surface area (Å²) < 4.78 is 27.9. The van der Waals surface area contributed by atoms with Crippen LogP contribution in [0.5, 0.6) is 11.5 Å². The third-order valence-electron chi connectivity index (χ3n) is 6.61. The number of esters is 1. The van der Waals surface area contributed by atoms with Gasteiger partial charge in [0, 0.05) is 31.5 Å². The summed E-state index contributed by atoms with van der Waals surface area (Å²) in [4.78, 5) is 26.5. The van der Waals surface area contributed by atoms with Crippen LogP contribution in [0, 0.1) is 6.07 Å². The summed E-state index contributed by atoms with van der Waals surface area (Å²) in [6.45, 7) is 4.50. The number of piperidine rings is 1. The lowest BCUT2D eigenvalue weighted by Gasteiger charge is -2.42. The van der Waals surface area contributed by atoms with E-state index in [0.29, 0.717) is 30.9 Å². The molecule has 1 unspecified atom stereocenters. The van der Waals surface area contributed by atoms with Crippen molar-refractivity contribution in [2.75, 3.05) is 21.3 Å². The first-order valence-corrected chi connectivity index (χ1v) is 12.3. The van der Waals surface area contributed by atoms with Crippen molar-refractivity contribution in [1.82, 2.24) is 4.90 Å². The molecular weight excluding hydrogens is 450 g/mol. The number of amides is 1. The van der Waals surface area contributed by atoms with Gasteiger partial charge in [-0.25, -0.2) is 4.79 Å². The third kappa shape index (κ3) is 7.21. The zero-order chi connectivity index (χ0) is 25.4. The maximum atomic E-state index is 12.9. The van der Waals surface area contributed by atoms with Gasteiger partial charge in [-0.2, -0.15) is 0 Å². The van der Waals surface area contributed by atoms with Crippen LogP contribution in [0.1, 0.15) is 64.4 Å². The van der Waals surface area contributed by atoms with E-state index in [2.05, 4.69) is 6.07 Å². The molecular formula is C27H38NO7. The highest BCUT2D eigenvalue weighted by Gasteiger charge is 2.38. The Morgan fingerprint density at radius 3 is 2.57 bits per heavy atom. The van der Waals surface area contributed by atoms with E-state index < -0.39 is 11.8 Å². The van der Waals surface area contributed by atoms with E-state index in [1.807, 2.05) is 24.8 Å². The molecule has 0 aliphatic carbocycles. The van der Waals surface area contributed by atoms with Crippen LogP contribution < -0.4 is 9.47 Å². The molecule has 2 heterocycles. The minimum absolute atomic E-state index is 0.00870. The fourth-order valence-electron chi connectivity index (χ4n) is 5.00. The molecule has 0 saturated carbocycles. The van der Waals surface area contributed by atoms with Gasteiger partial charge in [0.05, 0.1) is 33.5 Å². The number of hydrogen-bond acceptors (Lipinski definition) is 7. The second kappa shape index (κ2) is 12.4. The van der Waals surface area contributed by atoms with E-state index in [1.54, 1.807) is 26.4 Å². The first-order valence-electron chi connectivity index (χ1n) is 12.3. The number of nitrogens with zero attached hydrogens (tertiary/aromatic N) is 1. The highest BCUT2D eigenvalue weighted by molar-refractivity contribution is 5.81. The monoisotopic (exact) mass is 488 g/mol. The predicted octanol–water partition coefficient (Wildman–Crippen LogP) is 4.19. The van der Waals surface area contributed by atoms with Crippen molar-refractivity contribution in [1.29, 1.82) is 0 Å². The number of likely N-dealkylation sites (tertiary alicyclic amines) is 1. The van der Waals surface area contributed by atoms with Gasteiger partial charge in [-0.05, 0) is 75.8 Å². The van der Waals surface area contributed by atoms with Crippen molar-refractivity contribution in [3.8, 4) is 11.5 Å². The molecule has 0 bridgehead atoms. The van der Waals surface area contributed by atoms with Crippen LogP contribution >= 0.6 is 0 Å². The largest absolute Gasteiger partial charge is 0.493 e. The van der Waals surface area contributed by atoms with Gasteiger partial charge in [-0.15, -0.1) is 0 Å². The van der Waals surface area contributed by atoms with Gasteiger partial charge >= 0.3 is 5.97 Å². The second-order valence-electron chi connectivity index (χ2n) is 9.32. The first kappa shape index (κ1) is 27.0. The summed E-state index contributed by atoms with van der Waals surface area (Å²) in [5.74, 6) is -0.0448. The lowest BCUT2D eigenvalue weighted by atomic mass is 9.94. The van der Waals surface area contributed by atoms with Crippen LogP contribution in [0.25, 0.3) is 0 Å². The minimum atomic E-state index is -0.980. The van der Waals surface area contributed by atoms with Gasteiger partial charge in [-0.3, -0.25) is 4.79 Å². The molecule has 3 atom stereocenters. The molecule has 0 spiro atoms. The smallest absolute Gasteiger partial charge is 0.330 e. The molecule has 35 heavy (non-hydrogen) atoms. The quantitative estimate of drug-likeness (QED) is 0.361. The summed E-state index contributed by atoms with van der Waals surface area (Å²) in [5, 5.41) is 0. The molecule has 1 aromatic rings. The van der Waals surface area contributed by atoms with Crippen LogP contribution in [0.3, 0.4) is 0 Å². The zero-order valence-corrected chi connectivity index (χ0v) is 21.5. The van der Waals surface area contributed by atoms with Gasteiger partial charge in [0.2, 0.25) is 5.91 Å². The SMILES string of the molecule is COC(=O)/C=C/C1(CCCC2CCCC(=O)N2Cc2[c]cc(OC)c(OC)c2)O[C@@H](C)C[C@H](C)O1. The summed E-state index contributed by atoms with van der Waals surface area (Å²) in [7, 11) is 4.53. The number of methoxy groups -OCH3 is 3.